The Morgan fingerprint density at radius 2 is 1.67 bits per heavy atom. The summed E-state index contributed by atoms with van der Waals surface area (Å²) in [5.41, 5.74) is 0.196. The zero-order valence-electron chi connectivity index (χ0n) is 13.9. The van der Waals surface area contributed by atoms with Crippen LogP contribution < -0.4 is 5.32 Å². The van der Waals surface area contributed by atoms with Gasteiger partial charge in [0.15, 0.2) is 0 Å². The van der Waals surface area contributed by atoms with Crippen LogP contribution in [0.1, 0.15) is 48.0 Å². The minimum absolute atomic E-state index is 0.124. The van der Waals surface area contributed by atoms with Crippen LogP contribution in [0.15, 0.2) is 0 Å². The van der Waals surface area contributed by atoms with Crippen molar-refractivity contribution >= 4 is 0 Å². The van der Waals surface area contributed by atoms with Crippen LogP contribution in [-0.4, -0.2) is 50.3 Å². The van der Waals surface area contributed by atoms with Gasteiger partial charge in [0.25, 0.3) is 0 Å². The average molecular weight is 258 g/mol. The second-order valence-corrected chi connectivity index (χ2v) is 6.96. The maximum atomic E-state index is 5.57. The molecule has 2 unspecified atom stereocenters. The molecular formula is C15H34N2O. The highest BCUT2D eigenvalue weighted by Crippen LogP contribution is 2.24. The molecule has 0 aromatic carbocycles. The van der Waals surface area contributed by atoms with Gasteiger partial charge in [-0.05, 0) is 53.2 Å². The molecule has 0 amide bonds. The van der Waals surface area contributed by atoms with Crippen LogP contribution >= 0.6 is 0 Å². The van der Waals surface area contributed by atoms with Crippen molar-refractivity contribution in [3.8, 4) is 0 Å². The van der Waals surface area contributed by atoms with Crippen LogP contribution in [0.25, 0.3) is 0 Å². The Kier molecular flexibility index (Phi) is 6.83. The van der Waals surface area contributed by atoms with Gasteiger partial charge in [-0.25, -0.2) is 0 Å². The van der Waals surface area contributed by atoms with E-state index in [-0.39, 0.29) is 5.60 Å². The van der Waals surface area contributed by atoms with Crippen LogP contribution in [0.2, 0.25) is 0 Å². The lowest BCUT2D eigenvalue weighted by Gasteiger charge is -2.38. The van der Waals surface area contributed by atoms with E-state index in [0.29, 0.717) is 17.5 Å². The van der Waals surface area contributed by atoms with Crippen molar-refractivity contribution in [2.75, 3.05) is 27.7 Å². The number of ether oxygens (including phenoxy) is 1. The SMILES string of the molecule is CNC(CCN(C)C(C)C(C)(C)C)C(C)(C)OC. The molecule has 0 rings (SSSR count). The van der Waals surface area contributed by atoms with E-state index in [1.54, 1.807) is 7.11 Å². The van der Waals surface area contributed by atoms with E-state index in [1.165, 1.54) is 0 Å². The first-order chi connectivity index (χ1) is 8.06. The molecule has 0 aromatic heterocycles. The third-order valence-corrected chi connectivity index (χ3v) is 4.40. The molecule has 3 heteroatoms. The summed E-state index contributed by atoms with van der Waals surface area (Å²) in [4.78, 5) is 2.44. The van der Waals surface area contributed by atoms with E-state index >= 15 is 0 Å². The van der Waals surface area contributed by atoms with Crippen molar-refractivity contribution < 1.29 is 4.74 Å². The second-order valence-electron chi connectivity index (χ2n) is 6.96. The van der Waals surface area contributed by atoms with Crippen molar-refractivity contribution in [1.82, 2.24) is 10.2 Å². The summed E-state index contributed by atoms with van der Waals surface area (Å²) in [7, 11) is 6.01. The maximum Gasteiger partial charge on any atom is 0.0775 e. The molecule has 0 aliphatic carbocycles. The van der Waals surface area contributed by atoms with Crippen molar-refractivity contribution in [2.24, 2.45) is 5.41 Å². The smallest absolute Gasteiger partial charge is 0.0775 e. The molecule has 110 valence electrons. The largest absolute Gasteiger partial charge is 0.377 e. The molecule has 0 aliphatic heterocycles. The molecular weight excluding hydrogens is 224 g/mol. The lowest BCUT2D eigenvalue weighted by molar-refractivity contribution is -0.0141. The molecule has 0 spiro atoms. The van der Waals surface area contributed by atoms with E-state index in [0.717, 1.165) is 13.0 Å². The van der Waals surface area contributed by atoms with Crippen molar-refractivity contribution in [1.29, 1.82) is 0 Å². The quantitative estimate of drug-likeness (QED) is 0.760. The predicted molar refractivity (Wildman–Crippen MR) is 80.1 cm³/mol. The van der Waals surface area contributed by atoms with E-state index < -0.39 is 0 Å². The number of nitrogens with zero attached hydrogens (tertiary/aromatic N) is 1. The summed E-state index contributed by atoms with van der Waals surface area (Å²) in [6, 6.07) is 0.942. The van der Waals surface area contributed by atoms with Gasteiger partial charge in [-0.2, -0.15) is 0 Å². The Morgan fingerprint density at radius 1 is 1.17 bits per heavy atom. The minimum Gasteiger partial charge on any atom is -0.377 e. The van der Waals surface area contributed by atoms with E-state index in [1.807, 2.05) is 7.05 Å². The average Bonchev–Trinajstić information content (AvgIpc) is 2.27. The van der Waals surface area contributed by atoms with Gasteiger partial charge < -0.3 is 15.0 Å². The number of nitrogens with one attached hydrogen (secondary N) is 1. The monoisotopic (exact) mass is 258 g/mol. The Labute approximate surface area is 114 Å². The van der Waals surface area contributed by atoms with Crippen LogP contribution in [0.3, 0.4) is 0 Å². The van der Waals surface area contributed by atoms with Gasteiger partial charge in [-0.1, -0.05) is 20.8 Å². The predicted octanol–water partition coefficient (Wildman–Crippen LogP) is 2.76. The minimum atomic E-state index is -0.124. The van der Waals surface area contributed by atoms with Gasteiger partial charge in [-0.3, -0.25) is 0 Å². The fourth-order valence-electron chi connectivity index (χ4n) is 2.17. The lowest BCUT2D eigenvalue weighted by atomic mass is 9.86. The molecule has 0 heterocycles. The Hall–Kier alpha value is -0.120. The summed E-state index contributed by atoms with van der Waals surface area (Å²) < 4.78 is 5.57. The lowest BCUT2D eigenvalue weighted by Crippen LogP contribution is -2.49. The molecule has 0 aliphatic rings. The van der Waals surface area contributed by atoms with Crippen LogP contribution in [0.4, 0.5) is 0 Å². The van der Waals surface area contributed by atoms with Gasteiger partial charge in [0.1, 0.15) is 0 Å². The van der Waals surface area contributed by atoms with Gasteiger partial charge >= 0.3 is 0 Å². The fourth-order valence-corrected chi connectivity index (χ4v) is 2.17. The van der Waals surface area contributed by atoms with Crippen LogP contribution in [0, 0.1) is 5.41 Å². The zero-order valence-corrected chi connectivity index (χ0v) is 13.9. The standard InChI is InChI=1S/C15H34N2O/c1-12(14(2,3)4)17(8)11-10-13(16-7)15(5,6)18-9/h12-13,16H,10-11H2,1-9H3. The first-order valence-corrected chi connectivity index (χ1v) is 6.99. The highest BCUT2D eigenvalue weighted by Gasteiger charge is 2.29. The number of hydrogen-bond acceptors (Lipinski definition) is 3. The summed E-state index contributed by atoms with van der Waals surface area (Å²) >= 11 is 0. The maximum absolute atomic E-state index is 5.57. The Balaban J connectivity index is 4.38. The highest BCUT2D eigenvalue weighted by atomic mass is 16.5. The number of rotatable bonds is 7. The fraction of sp³-hybridized carbons (Fsp3) is 1.00. The number of hydrogen-bond donors (Lipinski definition) is 1. The van der Waals surface area contributed by atoms with Crippen molar-refractivity contribution in [3.63, 3.8) is 0 Å². The van der Waals surface area contributed by atoms with Crippen molar-refractivity contribution in [3.05, 3.63) is 0 Å². The Bertz CT molecular complexity index is 233. The molecule has 0 saturated heterocycles. The zero-order chi connectivity index (χ0) is 14.6. The molecule has 0 fully saturated rings. The molecule has 0 aromatic rings. The van der Waals surface area contributed by atoms with E-state index in [4.69, 9.17) is 4.74 Å². The van der Waals surface area contributed by atoms with Gasteiger partial charge in [-0.15, -0.1) is 0 Å². The van der Waals surface area contributed by atoms with Crippen LogP contribution in [0.5, 0.6) is 0 Å². The summed E-state index contributed by atoms with van der Waals surface area (Å²) in [5.74, 6) is 0. The first-order valence-electron chi connectivity index (χ1n) is 6.99. The topological polar surface area (TPSA) is 24.5 Å². The summed E-state index contributed by atoms with van der Waals surface area (Å²) in [6.45, 7) is 14.5. The molecule has 1 N–H and O–H groups in total. The third-order valence-electron chi connectivity index (χ3n) is 4.40. The molecule has 0 bridgehead atoms. The number of methoxy groups -OCH3 is 1. The van der Waals surface area contributed by atoms with E-state index in [9.17, 15) is 0 Å². The number of likely N-dealkylation sites (N-methyl/N-ethyl adjacent to an activating group) is 1. The molecule has 0 radical (unpaired) electrons. The van der Waals surface area contributed by atoms with Crippen LogP contribution in [-0.2, 0) is 4.74 Å². The van der Waals surface area contributed by atoms with Crippen molar-refractivity contribution in [2.45, 2.75) is 65.6 Å². The van der Waals surface area contributed by atoms with E-state index in [2.05, 4.69) is 58.8 Å². The Morgan fingerprint density at radius 3 is 2.00 bits per heavy atom. The molecule has 18 heavy (non-hydrogen) atoms. The third kappa shape index (κ3) is 5.25. The second kappa shape index (κ2) is 6.88. The highest BCUT2D eigenvalue weighted by molar-refractivity contribution is 4.86. The normalized spacial score (nSPS) is 17.0. The summed E-state index contributed by atoms with van der Waals surface area (Å²) in [6.07, 6.45) is 1.09. The van der Waals surface area contributed by atoms with Gasteiger partial charge in [0.2, 0.25) is 0 Å². The first kappa shape index (κ1) is 17.9. The summed E-state index contributed by atoms with van der Waals surface area (Å²) in [5, 5.41) is 3.37. The molecule has 3 nitrogen and oxygen atoms in total. The van der Waals surface area contributed by atoms with Gasteiger partial charge in [0.05, 0.1) is 5.60 Å². The molecule has 0 saturated carbocycles. The molecule has 2 atom stereocenters. The van der Waals surface area contributed by atoms with Gasteiger partial charge in [0, 0.05) is 19.2 Å².